The molecule has 0 aliphatic carbocycles. The van der Waals surface area contributed by atoms with Crippen LogP contribution in [0.4, 0.5) is 0 Å². The Bertz CT molecular complexity index is 861. The van der Waals surface area contributed by atoms with Gasteiger partial charge in [-0.1, -0.05) is 39.7 Å². The zero-order valence-electron chi connectivity index (χ0n) is 13.7. The average molecular weight is 462 g/mol. The fourth-order valence-electron chi connectivity index (χ4n) is 2.01. The van der Waals surface area contributed by atoms with Gasteiger partial charge in [-0.3, -0.25) is 4.79 Å². The normalized spacial score (nSPS) is 11.2. The van der Waals surface area contributed by atoms with Crippen LogP contribution in [0.15, 0.2) is 57.9 Å². The number of amides is 1. The molecule has 0 radical (unpaired) electrons. The van der Waals surface area contributed by atoms with E-state index in [0.717, 1.165) is 4.47 Å². The third kappa shape index (κ3) is 6.95. The molecule has 0 aliphatic heterocycles. The maximum absolute atomic E-state index is 12.1. The summed E-state index contributed by atoms with van der Waals surface area (Å²) in [4.78, 5) is 11.8. The molecule has 0 heterocycles. The second-order valence-electron chi connectivity index (χ2n) is 5.26. The fraction of sp³-hybridized carbons (Fsp3) is 0.235. The van der Waals surface area contributed by atoms with E-state index in [1.54, 1.807) is 18.2 Å². The topological polar surface area (TPSA) is 84.5 Å². The maximum atomic E-state index is 12.1. The summed E-state index contributed by atoms with van der Waals surface area (Å²) in [5.74, 6) is 0.448. The smallest absolute Gasteiger partial charge is 0.240 e. The van der Waals surface area contributed by atoms with Crippen LogP contribution in [0.25, 0.3) is 0 Å². The first kappa shape index (κ1) is 20.7. The van der Waals surface area contributed by atoms with E-state index in [1.165, 1.54) is 12.1 Å². The molecule has 1 amide bonds. The summed E-state index contributed by atoms with van der Waals surface area (Å²) in [6.45, 7) is 0.485. The largest absolute Gasteiger partial charge is 0.493 e. The van der Waals surface area contributed by atoms with Crippen molar-refractivity contribution in [1.29, 1.82) is 0 Å². The Kier molecular flexibility index (Phi) is 7.89. The summed E-state index contributed by atoms with van der Waals surface area (Å²) < 4.78 is 32.9. The van der Waals surface area contributed by atoms with Gasteiger partial charge in [-0.2, -0.15) is 0 Å². The van der Waals surface area contributed by atoms with Crippen LogP contribution in [0, 0.1) is 0 Å². The molecule has 0 bridgehead atoms. The molecule has 0 atom stereocenters. The van der Waals surface area contributed by atoms with E-state index in [9.17, 15) is 13.2 Å². The van der Waals surface area contributed by atoms with E-state index < -0.39 is 10.0 Å². The predicted octanol–water partition coefficient (Wildman–Crippen LogP) is 2.97. The van der Waals surface area contributed by atoms with E-state index in [-0.39, 0.29) is 36.9 Å². The Balaban J connectivity index is 1.67. The molecule has 2 aromatic carbocycles. The SMILES string of the molecule is O=C(CCOc1cccc(Br)c1)NCCNS(=O)(=O)c1cccc(Cl)c1. The van der Waals surface area contributed by atoms with Gasteiger partial charge in [0, 0.05) is 22.6 Å². The van der Waals surface area contributed by atoms with Crippen molar-refractivity contribution >= 4 is 43.5 Å². The van der Waals surface area contributed by atoms with Gasteiger partial charge in [0.25, 0.3) is 0 Å². The summed E-state index contributed by atoms with van der Waals surface area (Å²) in [5, 5.41) is 2.97. The third-order valence-corrected chi connectivity index (χ3v) is 5.43. The van der Waals surface area contributed by atoms with Gasteiger partial charge < -0.3 is 10.1 Å². The number of hydrogen-bond donors (Lipinski definition) is 2. The van der Waals surface area contributed by atoms with Gasteiger partial charge in [0.05, 0.1) is 17.9 Å². The van der Waals surface area contributed by atoms with E-state index in [2.05, 4.69) is 26.0 Å². The van der Waals surface area contributed by atoms with Gasteiger partial charge in [0.15, 0.2) is 0 Å². The minimum Gasteiger partial charge on any atom is -0.493 e. The quantitative estimate of drug-likeness (QED) is 0.562. The lowest BCUT2D eigenvalue weighted by atomic mass is 10.3. The average Bonchev–Trinajstić information content (AvgIpc) is 2.59. The number of carbonyl (C=O) groups excluding carboxylic acids is 1. The van der Waals surface area contributed by atoms with Gasteiger partial charge >= 0.3 is 0 Å². The van der Waals surface area contributed by atoms with E-state index >= 15 is 0 Å². The van der Waals surface area contributed by atoms with Crippen molar-refractivity contribution in [2.24, 2.45) is 0 Å². The molecular formula is C17H18BrClN2O4S. The molecule has 9 heteroatoms. The number of benzene rings is 2. The number of rotatable bonds is 9. The lowest BCUT2D eigenvalue weighted by Crippen LogP contribution is -2.35. The Labute approximate surface area is 166 Å². The highest BCUT2D eigenvalue weighted by atomic mass is 79.9. The molecule has 140 valence electrons. The highest BCUT2D eigenvalue weighted by Gasteiger charge is 2.13. The lowest BCUT2D eigenvalue weighted by Gasteiger charge is -2.09. The Morgan fingerprint density at radius 3 is 2.62 bits per heavy atom. The van der Waals surface area contributed by atoms with Crippen LogP contribution in [-0.4, -0.2) is 34.0 Å². The Morgan fingerprint density at radius 2 is 1.88 bits per heavy atom. The van der Waals surface area contributed by atoms with Crippen molar-refractivity contribution in [2.75, 3.05) is 19.7 Å². The summed E-state index contributed by atoms with van der Waals surface area (Å²) in [6, 6.07) is 13.3. The number of nitrogens with one attached hydrogen (secondary N) is 2. The molecule has 0 fully saturated rings. The summed E-state index contributed by atoms with van der Waals surface area (Å²) in [7, 11) is -3.65. The monoisotopic (exact) mass is 460 g/mol. The van der Waals surface area contributed by atoms with Crippen LogP contribution in [0.3, 0.4) is 0 Å². The van der Waals surface area contributed by atoms with Crippen molar-refractivity contribution in [3.63, 3.8) is 0 Å². The van der Waals surface area contributed by atoms with Crippen LogP contribution in [-0.2, 0) is 14.8 Å². The minimum atomic E-state index is -3.65. The summed E-state index contributed by atoms with van der Waals surface area (Å²) in [6.07, 6.45) is 0.174. The van der Waals surface area contributed by atoms with Gasteiger partial charge in [-0.05, 0) is 36.4 Å². The van der Waals surface area contributed by atoms with Crippen molar-refractivity contribution in [3.05, 3.63) is 58.0 Å². The molecule has 0 unspecified atom stereocenters. The van der Waals surface area contributed by atoms with Gasteiger partial charge in [-0.25, -0.2) is 13.1 Å². The predicted molar refractivity (Wildman–Crippen MR) is 104 cm³/mol. The van der Waals surface area contributed by atoms with Gasteiger partial charge in [-0.15, -0.1) is 0 Å². The molecule has 0 aromatic heterocycles. The Hall–Kier alpha value is -1.61. The van der Waals surface area contributed by atoms with Crippen LogP contribution in [0.5, 0.6) is 5.75 Å². The van der Waals surface area contributed by atoms with Crippen molar-refractivity contribution < 1.29 is 17.9 Å². The first-order valence-corrected chi connectivity index (χ1v) is 10.4. The lowest BCUT2D eigenvalue weighted by molar-refractivity contribution is -0.121. The molecule has 0 saturated carbocycles. The number of halogens is 2. The second kappa shape index (κ2) is 9.91. The number of ether oxygens (including phenoxy) is 1. The molecule has 0 aliphatic rings. The van der Waals surface area contributed by atoms with E-state index in [0.29, 0.717) is 10.8 Å². The van der Waals surface area contributed by atoms with Gasteiger partial charge in [0.1, 0.15) is 5.75 Å². The number of carbonyl (C=O) groups is 1. The maximum Gasteiger partial charge on any atom is 0.240 e. The fourth-order valence-corrected chi connectivity index (χ4v) is 3.72. The van der Waals surface area contributed by atoms with Crippen LogP contribution in [0.1, 0.15) is 6.42 Å². The first-order valence-electron chi connectivity index (χ1n) is 7.77. The van der Waals surface area contributed by atoms with Crippen LogP contribution in [0.2, 0.25) is 5.02 Å². The van der Waals surface area contributed by atoms with Gasteiger partial charge in [0.2, 0.25) is 15.9 Å². The highest BCUT2D eigenvalue weighted by Crippen LogP contribution is 2.17. The first-order chi connectivity index (χ1) is 12.4. The molecule has 2 aromatic rings. The third-order valence-electron chi connectivity index (χ3n) is 3.24. The number of sulfonamides is 1. The Morgan fingerprint density at radius 1 is 1.12 bits per heavy atom. The second-order valence-corrected chi connectivity index (χ2v) is 8.38. The van der Waals surface area contributed by atoms with Crippen LogP contribution < -0.4 is 14.8 Å². The molecule has 0 spiro atoms. The minimum absolute atomic E-state index is 0.0765. The molecular weight excluding hydrogens is 444 g/mol. The molecule has 2 rings (SSSR count). The zero-order valence-corrected chi connectivity index (χ0v) is 16.9. The van der Waals surface area contributed by atoms with Crippen LogP contribution >= 0.6 is 27.5 Å². The van der Waals surface area contributed by atoms with Crippen molar-refractivity contribution in [3.8, 4) is 5.75 Å². The van der Waals surface area contributed by atoms with Crippen molar-refractivity contribution in [2.45, 2.75) is 11.3 Å². The molecule has 26 heavy (non-hydrogen) atoms. The van der Waals surface area contributed by atoms with E-state index in [1.807, 2.05) is 18.2 Å². The standard InChI is InChI=1S/C17H18BrClN2O4S/c18-13-3-1-5-15(11-13)25-10-7-17(22)20-8-9-21-26(23,24)16-6-2-4-14(19)12-16/h1-6,11-12,21H,7-10H2,(H,20,22). The zero-order chi connectivity index (χ0) is 19.0. The molecule has 2 N–H and O–H groups in total. The van der Waals surface area contributed by atoms with Crippen molar-refractivity contribution in [1.82, 2.24) is 10.0 Å². The number of hydrogen-bond acceptors (Lipinski definition) is 4. The molecule has 6 nitrogen and oxygen atoms in total. The van der Waals surface area contributed by atoms with E-state index in [4.69, 9.17) is 16.3 Å². The summed E-state index contributed by atoms with van der Waals surface area (Å²) in [5.41, 5.74) is 0. The highest BCUT2D eigenvalue weighted by molar-refractivity contribution is 9.10. The summed E-state index contributed by atoms with van der Waals surface area (Å²) >= 11 is 9.13. The molecule has 0 saturated heterocycles.